The van der Waals surface area contributed by atoms with Gasteiger partial charge in [-0.3, -0.25) is 9.13 Å². The zero-order valence-electron chi connectivity index (χ0n) is 19.5. The van der Waals surface area contributed by atoms with Crippen molar-refractivity contribution in [2.75, 3.05) is 23.0 Å². The minimum atomic E-state index is -1.21. The number of nitrogens with zero attached hydrogens (tertiary/aromatic N) is 8. The molecule has 0 radical (unpaired) electrons. The van der Waals surface area contributed by atoms with E-state index in [2.05, 4.69) is 29.9 Å². The molecule has 0 aromatic carbocycles. The molecule has 4 aromatic heterocycles. The summed E-state index contributed by atoms with van der Waals surface area (Å²) in [7, 11) is 2.75. The first-order valence-corrected chi connectivity index (χ1v) is 14.0. The lowest BCUT2D eigenvalue weighted by molar-refractivity contribution is -0.0290. The van der Waals surface area contributed by atoms with Crippen LogP contribution in [0.15, 0.2) is 25.3 Å². The molecule has 38 heavy (non-hydrogen) atoms. The molecule has 8 N–H and O–H groups in total. The second-order valence-corrected chi connectivity index (χ2v) is 11.4. The van der Waals surface area contributed by atoms with Crippen molar-refractivity contribution in [3.05, 3.63) is 25.3 Å². The number of anilines is 2. The summed E-state index contributed by atoms with van der Waals surface area (Å²) in [5.41, 5.74) is 13.2. The van der Waals surface area contributed by atoms with Crippen molar-refractivity contribution in [3.63, 3.8) is 0 Å². The third-order valence-corrected chi connectivity index (χ3v) is 8.96. The van der Waals surface area contributed by atoms with Crippen molar-refractivity contribution >= 4 is 55.6 Å². The second kappa shape index (κ2) is 10.0. The molecular weight excluding hydrogens is 540 g/mol. The van der Waals surface area contributed by atoms with E-state index in [0.717, 1.165) is 0 Å². The number of hydrogen-bond acceptors (Lipinski definition) is 16. The highest BCUT2D eigenvalue weighted by Crippen LogP contribution is 2.38. The Bertz CT molecular complexity index is 1350. The highest BCUT2D eigenvalue weighted by atomic mass is 33.1. The highest BCUT2D eigenvalue weighted by molar-refractivity contribution is 8.76. The van der Waals surface area contributed by atoms with Crippen LogP contribution in [0, 0.1) is 0 Å². The molecule has 2 fully saturated rings. The van der Waals surface area contributed by atoms with Crippen LogP contribution in [-0.4, -0.2) is 108 Å². The van der Waals surface area contributed by atoms with Gasteiger partial charge in [-0.2, -0.15) is 0 Å². The Hall–Kier alpha value is -2.84. The summed E-state index contributed by atoms with van der Waals surface area (Å²) in [6.45, 7) is 0. The number of nitrogens with two attached hydrogens (primary N) is 2. The van der Waals surface area contributed by atoms with E-state index in [1.165, 1.54) is 56.0 Å². The Morgan fingerprint density at radius 3 is 1.50 bits per heavy atom. The number of aliphatic hydroxyl groups excluding tert-OH is 4. The van der Waals surface area contributed by atoms with E-state index in [0.29, 0.717) is 33.8 Å². The molecular formula is C20H24N10O6S2. The number of fused-ring (bicyclic) bond motifs is 2. The summed E-state index contributed by atoms with van der Waals surface area (Å²) in [5.74, 6) is 1.07. The molecule has 0 unspecified atom stereocenters. The Labute approximate surface area is 221 Å². The molecule has 6 rings (SSSR count). The first-order chi connectivity index (χ1) is 18.3. The van der Waals surface area contributed by atoms with Gasteiger partial charge in [0.2, 0.25) is 0 Å². The van der Waals surface area contributed by atoms with E-state index >= 15 is 0 Å². The van der Waals surface area contributed by atoms with E-state index in [-0.39, 0.29) is 11.6 Å². The van der Waals surface area contributed by atoms with Crippen molar-refractivity contribution in [1.29, 1.82) is 0 Å². The van der Waals surface area contributed by atoms with Gasteiger partial charge in [0.05, 0.1) is 24.9 Å². The van der Waals surface area contributed by atoms with E-state index in [1.54, 1.807) is 0 Å². The summed E-state index contributed by atoms with van der Waals surface area (Å²) >= 11 is 0. The standard InChI is InChI=1S/C20H24N10O6S2/c21-15-9-17(25-3-23-15)29(5-27-9)19-13(33)11(31)7(35-19)1-37-38-2-8-12(32)14(34)20(36-8)30-6-28-10-16(22)24-4-26-18(10)30/h3-8,11-14,19-20,31-34H,1-2H2,(H2,21,23,25)(H2,22,24,26)/t7-,8+,11+,12-,13-,14+,19-,20+. The van der Waals surface area contributed by atoms with Gasteiger partial charge in [-0.25, -0.2) is 29.9 Å². The van der Waals surface area contributed by atoms with Gasteiger partial charge in [0, 0.05) is 11.5 Å². The maximum Gasteiger partial charge on any atom is 0.167 e. The second-order valence-electron chi connectivity index (χ2n) is 8.83. The first-order valence-electron chi connectivity index (χ1n) is 11.5. The predicted molar refractivity (Wildman–Crippen MR) is 136 cm³/mol. The normalized spacial score (nSPS) is 31.6. The van der Waals surface area contributed by atoms with Crippen LogP contribution >= 0.6 is 21.6 Å². The Balaban J connectivity index is 1.05. The van der Waals surface area contributed by atoms with Crippen LogP contribution in [0.5, 0.6) is 0 Å². The molecule has 4 aromatic rings. The summed E-state index contributed by atoms with van der Waals surface area (Å²) in [4.78, 5) is 24.5. The fourth-order valence-electron chi connectivity index (χ4n) is 4.54. The molecule has 0 bridgehead atoms. The van der Waals surface area contributed by atoms with E-state index < -0.39 is 49.1 Å². The van der Waals surface area contributed by atoms with Crippen LogP contribution < -0.4 is 11.5 Å². The third-order valence-electron chi connectivity index (χ3n) is 6.54. The first kappa shape index (κ1) is 25.4. The number of aromatic nitrogens is 8. The van der Waals surface area contributed by atoms with Crippen LogP contribution in [-0.2, 0) is 9.47 Å². The van der Waals surface area contributed by atoms with E-state index in [9.17, 15) is 20.4 Å². The van der Waals surface area contributed by atoms with E-state index in [1.807, 2.05) is 0 Å². The van der Waals surface area contributed by atoms with Crippen LogP contribution in [0.4, 0.5) is 11.6 Å². The maximum atomic E-state index is 10.6. The highest BCUT2D eigenvalue weighted by Gasteiger charge is 2.46. The smallest absolute Gasteiger partial charge is 0.167 e. The van der Waals surface area contributed by atoms with Crippen molar-refractivity contribution in [2.45, 2.75) is 49.1 Å². The minimum Gasteiger partial charge on any atom is -0.387 e. The van der Waals surface area contributed by atoms with E-state index in [4.69, 9.17) is 20.9 Å². The topological polar surface area (TPSA) is 239 Å². The maximum absolute atomic E-state index is 10.6. The van der Waals surface area contributed by atoms with Gasteiger partial charge in [-0.15, -0.1) is 0 Å². The molecule has 2 aliphatic heterocycles. The molecule has 0 spiro atoms. The quantitative estimate of drug-likeness (QED) is 0.110. The third kappa shape index (κ3) is 4.22. The van der Waals surface area contributed by atoms with Crippen molar-refractivity contribution in [1.82, 2.24) is 39.0 Å². The lowest BCUT2D eigenvalue weighted by atomic mass is 10.1. The van der Waals surface area contributed by atoms with Gasteiger partial charge in [0.25, 0.3) is 0 Å². The zero-order valence-corrected chi connectivity index (χ0v) is 21.1. The van der Waals surface area contributed by atoms with Crippen LogP contribution in [0.1, 0.15) is 12.5 Å². The molecule has 0 saturated carbocycles. The molecule has 0 aliphatic carbocycles. The molecule has 2 aliphatic rings. The van der Waals surface area contributed by atoms with Gasteiger partial charge >= 0.3 is 0 Å². The van der Waals surface area contributed by atoms with Crippen molar-refractivity contribution in [3.8, 4) is 0 Å². The van der Waals surface area contributed by atoms with Gasteiger partial charge in [-0.1, -0.05) is 21.6 Å². The van der Waals surface area contributed by atoms with Crippen molar-refractivity contribution in [2.24, 2.45) is 0 Å². The molecule has 0 amide bonds. The number of aliphatic hydroxyl groups is 4. The zero-order chi connectivity index (χ0) is 26.6. The molecule has 6 heterocycles. The molecule has 18 heteroatoms. The summed E-state index contributed by atoms with van der Waals surface area (Å²) < 4.78 is 14.9. The summed E-state index contributed by atoms with van der Waals surface area (Å²) in [6, 6.07) is 0. The average molecular weight is 565 g/mol. The van der Waals surface area contributed by atoms with Gasteiger partial charge in [0.15, 0.2) is 35.4 Å². The summed E-state index contributed by atoms with van der Waals surface area (Å²) in [5, 5.41) is 42.4. The minimum absolute atomic E-state index is 0.201. The van der Waals surface area contributed by atoms with Crippen LogP contribution in [0.25, 0.3) is 22.3 Å². The van der Waals surface area contributed by atoms with Crippen LogP contribution in [0.2, 0.25) is 0 Å². The van der Waals surface area contributed by atoms with Gasteiger partial charge in [-0.05, 0) is 0 Å². The predicted octanol–water partition coefficient (Wildman–Crippen LogP) is -1.55. The van der Waals surface area contributed by atoms with Gasteiger partial charge in [0.1, 0.15) is 48.1 Å². The Morgan fingerprint density at radius 1 is 0.658 bits per heavy atom. The monoisotopic (exact) mass is 564 g/mol. The Morgan fingerprint density at radius 2 is 1.08 bits per heavy atom. The fraction of sp³-hybridized carbons (Fsp3) is 0.500. The molecule has 202 valence electrons. The number of imidazole rings is 2. The lowest BCUT2D eigenvalue weighted by Crippen LogP contribution is -2.33. The fourth-order valence-corrected chi connectivity index (χ4v) is 6.93. The number of nitrogen functional groups attached to an aromatic ring is 2. The number of ether oxygens (including phenoxy) is 2. The lowest BCUT2D eigenvalue weighted by Gasteiger charge is -2.17. The number of hydrogen-bond donors (Lipinski definition) is 6. The molecule has 16 nitrogen and oxygen atoms in total. The molecule has 8 atom stereocenters. The Kier molecular flexibility index (Phi) is 6.72. The largest absolute Gasteiger partial charge is 0.387 e. The number of rotatable bonds is 7. The SMILES string of the molecule is Nc1ncnc2c1ncn2[C@@H]1O[C@H](CSSC[C@@H]2O[C@H](n3cnc4c(N)ncnc43)[C@@H](O)[C@@H]2O)[C@H](O)[C@H]1O. The van der Waals surface area contributed by atoms with Crippen molar-refractivity contribution < 1.29 is 29.9 Å². The van der Waals surface area contributed by atoms with Crippen LogP contribution in [0.3, 0.4) is 0 Å². The van der Waals surface area contributed by atoms with Gasteiger partial charge < -0.3 is 41.4 Å². The average Bonchev–Trinajstić information content (AvgIpc) is 3.66. The molecule has 2 saturated heterocycles. The summed E-state index contributed by atoms with van der Waals surface area (Å²) in [6.07, 6.45) is -2.43.